The number of carbonyl (C=O) groups excluding carboxylic acids is 2. The Kier molecular flexibility index (Phi) is 14.0. The fourth-order valence-corrected chi connectivity index (χ4v) is 3.43. The fraction of sp³-hybridized carbons (Fsp3) is 0.889. The largest absolute Gasteiger partial charge is 0.464 e. The van der Waals surface area contributed by atoms with Gasteiger partial charge in [-0.3, -0.25) is 9.32 Å². The minimum Gasteiger partial charge on any atom is -0.464 e. The minimum absolute atomic E-state index is 0. The number of amides is 1. The Morgan fingerprint density at radius 2 is 1.69 bits per heavy atom. The molecule has 11 heteroatoms. The molecule has 0 aromatic heterocycles. The van der Waals surface area contributed by atoms with Gasteiger partial charge in [-0.05, 0) is 46.5 Å². The van der Waals surface area contributed by atoms with Crippen molar-refractivity contribution in [3.05, 3.63) is 0 Å². The number of rotatable bonds is 13. The first-order valence-corrected chi connectivity index (χ1v) is 11.4. The summed E-state index contributed by atoms with van der Waals surface area (Å²) in [6.07, 6.45) is 3.30. The van der Waals surface area contributed by atoms with Crippen molar-refractivity contribution >= 4 is 19.8 Å². The van der Waals surface area contributed by atoms with Gasteiger partial charge in [0.15, 0.2) is 0 Å². The van der Waals surface area contributed by atoms with E-state index in [1.807, 2.05) is 0 Å². The molecular formula is C18H37FmN2O7P. The maximum atomic E-state index is 12.0. The molecule has 0 aliphatic rings. The average Bonchev–Trinajstić information content (AvgIpc) is 2.54. The summed E-state index contributed by atoms with van der Waals surface area (Å²) in [5.41, 5.74) is -0.637. The molecule has 1 amide bonds. The number of hydrogen-bond donors (Lipinski definition) is 3. The zero-order chi connectivity index (χ0) is 21.8. The van der Waals surface area contributed by atoms with E-state index in [1.165, 1.54) is 6.92 Å². The summed E-state index contributed by atoms with van der Waals surface area (Å²) in [6, 6.07) is -1.00. The third-order valence-corrected chi connectivity index (χ3v) is 4.85. The molecule has 0 radical (unpaired) electrons. The molecule has 0 aromatic rings. The van der Waals surface area contributed by atoms with E-state index >= 15 is 0 Å². The van der Waals surface area contributed by atoms with Gasteiger partial charge >= 0.3 is 19.8 Å². The van der Waals surface area contributed by atoms with Crippen molar-refractivity contribution in [1.82, 2.24) is 10.4 Å². The van der Waals surface area contributed by atoms with E-state index in [0.717, 1.165) is 25.7 Å². The predicted molar refractivity (Wildman–Crippen MR) is 107 cm³/mol. The Bertz CT molecular complexity index is 523. The first-order valence-electron chi connectivity index (χ1n) is 9.78. The fourth-order valence-electron chi connectivity index (χ4n) is 2.42. The Morgan fingerprint density at radius 3 is 2.17 bits per heavy atom. The third kappa shape index (κ3) is 15.4. The molecule has 0 heterocycles. The van der Waals surface area contributed by atoms with Crippen LogP contribution >= 0.6 is 7.75 Å². The summed E-state index contributed by atoms with van der Waals surface area (Å²) in [4.78, 5) is 33.3. The van der Waals surface area contributed by atoms with Crippen molar-refractivity contribution in [2.45, 2.75) is 78.9 Å². The average molecular weight is 681 g/mol. The van der Waals surface area contributed by atoms with Crippen molar-refractivity contribution in [2.24, 2.45) is 5.92 Å². The van der Waals surface area contributed by atoms with Gasteiger partial charge in [-0.15, -0.1) is 0 Å². The molecule has 178 valence electrons. The summed E-state index contributed by atoms with van der Waals surface area (Å²) in [5.74, 6) is -0.316. The van der Waals surface area contributed by atoms with Gasteiger partial charge < -0.3 is 19.7 Å². The molecule has 9 nitrogen and oxygen atoms in total. The minimum atomic E-state index is -4.22. The molecule has 29 heavy (non-hydrogen) atoms. The topological polar surface area (TPSA) is 123 Å². The van der Waals surface area contributed by atoms with Gasteiger partial charge in [0.2, 0.25) is 0 Å². The molecule has 0 bridgehead atoms. The van der Waals surface area contributed by atoms with Crippen LogP contribution in [-0.4, -0.2) is 48.4 Å². The molecule has 0 saturated carbocycles. The molecule has 0 saturated heterocycles. The normalized spacial score (nSPS) is 14.5. The predicted octanol–water partition coefficient (Wildman–Crippen LogP) is 3.37. The van der Waals surface area contributed by atoms with Gasteiger partial charge in [0.25, 0.3) is 0 Å². The number of nitrogens with one attached hydrogen (secondary N) is 2. The second-order valence-electron chi connectivity index (χ2n) is 7.71. The van der Waals surface area contributed by atoms with Crippen molar-refractivity contribution in [3.63, 3.8) is 0 Å². The van der Waals surface area contributed by atoms with Crippen molar-refractivity contribution < 1.29 is 33.0 Å². The van der Waals surface area contributed by atoms with Crippen LogP contribution in [0.25, 0.3) is 0 Å². The zero-order valence-electron chi connectivity index (χ0n) is 18.2. The maximum Gasteiger partial charge on any atom is 0.407 e. The van der Waals surface area contributed by atoms with Crippen LogP contribution in [0, 0.1) is 5.92 Å². The monoisotopic (exact) mass is 681 g/mol. The van der Waals surface area contributed by atoms with Crippen LogP contribution in [0.5, 0.6) is 0 Å². The number of ether oxygens (including phenoxy) is 2. The van der Waals surface area contributed by atoms with E-state index in [9.17, 15) is 19.0 Å². The standard InChI is InChI=1S/C18H37N2O7P.Fm/c1-7-9-15(10-8-2)13-25-16(21)14(3)20-28(23,24)26-12-11-19-17(22)27-18(4,5)6;/h14-15H,7-13H2,1-6H3,(H,19,22)(H2,20,23,24);. The molecule has 0 rings (SSSR count). The molecule has 3 N–H and O–H groups in total. The Morgan fingerprint density at radius 1 is 1.14 bits per heavy atom. The quantitative estimate of drug-likeness (QED) is 0.154. The van der Waals surface area contributed by atoms with Crippen molar-refractivity contribution in [3.8, 4) is 0 Å². The Balaban J connectivity index is 0. The van der Waals surface area contributed by atoms with Crippen LogP contribution in [0.2, 0.25) is 0 Å². The van der Waals surface area contributed by atoms with E-state index in [1.54, 1.807) is 20.8 Å². The SMILES string of the molecule is CCCC(CCC)COC(=O)C(C)NP(=O)(O)OCCNC(=O)OC(C)(C)C.[Fm]. The number of hydrogen-bond acceptors (Lipinski definition) is 6. The molecular weight excluding hydrogens is 644 g/mol. The van der Waals surface area contributed by atoms with Gasteiger partial charge in [0.1, 0.15) is 11.6 Å². The van der Waals surface area contributed by atoms with Crippen molar-refractivity contribution in [1.29, 1.82) is 0 Å². The van der Waals surface area contributed by atoms with Crippen LogP contribution < -0.4 is 10.4 Å². The Hall–Kier alpha value is -2.15. The smallest absolute Gasteiger partial charge is 0.407 e. The van der Waals surface area contributed by atoms with Crippen LogP contribution in [-0.2, 0) is 23.4 Å². The van der Waals surface area contributed by atoms with Crippen LogP contribution in [0.1, 0.15) is 67.2 Å². The number of carbonyl (C=O) groups is 2. The maximum absolute atomic E-state index is 12.0. The van der Waals surface area contributed by atoms with Gasteiger partial charge in [-0.25, -0.2) is 14.4 Å². The molecule has 0 aliphatic carbocycles. The summed E-state index contributed by atoms with van der Waals surface area (Å²) in [6.45, 7) is 10.8. The van der Waals surface area contributed by atoms with Gasteiger partial charge in [-0.2, -0.15) is 0 Å². The molecule has 0 fully saturated rings. The number of esters is 1. The molecule has 2 atom stereocenters. The summed E-state index contributed by atoms with van der Waals surface area (Å²) < 4.78 is 27.2. The molecule has 2 unspecified atom stereocenters. The van der Waals surface area contributed by atoms with Crippen molar-refractivity contribution in [2.75, 3.05) is 19.8 Å². The summed E-state index contributed by atoms with van der Waals surface area (Å²) in [7, 11) is -4.22. The van der Waals surface area contributed by atoms with E-state index in [0.29, 0.717) is 12.5 Å². The molecule has 0 spiro atoms. The number of alkyl carbamates (subject to hydrolysis) is 1. The van der Waals surface area contributed by atoms with Crippen LogP contribution in [0.4, 0.5) is 4.79 Å². The van der Waals surface area contributed by atoms with Gasteiger partial charge in [0, 0.05) is 6.54 Å². The first kappa shape index (κ1) is 29.1. The summed E-state index contributed by atoms with van der Waals surface area (Å²) in [5, 5.41) is 4.65. The first-order chi connectivity index (χ1) is 12.9. The second kappa shape index (κ2) is 13.9. The van der Waals surface area contributed by atoms with Crippen LogP contribution in [0.3, 0.4) is 0 Å². The second-order valence-corrected chi connectivity index (χ2v) is 9.26. The van der Waals surface area contributed by atoms with Gasteiger partial charge in [0.05, 0.1) is 13.2 Å². The molecule has 0 aliphatic heterocycles. The van der Waals surface area contributed by atoms with Crippen LogP contribution in [0.15, 0.2) is 0 Å². The third-order valence-electron chi connectivity index (χ3n) is 3.60. The van der Waals surface area contributed by atoms with E-state index in [2.05, 4.69) is 24.3 Å². The molecule has 0 aromatic carbocycles. The van der Waals surface area contributed by atoms with E-state index in [-0.39, 0.29) is 13.2 Å². The van der Waals surface area contributed by atoms with Gasteiger partial charge in [-0.1, -0.05) is 26.7 Å². The van der Waals surface area contributed by atoms with E-state index < -0.39 is 31.5 Å². The summed E-state index contributed by atoms with van der Waals surface area (Å²) >= 11 is 0. The van der Waals surface area contributed by atoms with E-state index in [4.69, 9.17) is 14.0 Å². The zero-order valence-corrected chi connectivity index (χ0v) is 21.5. The Labute approximate surface area is 168 Å².